The average molecular weight is 554 g/mol. The van der Waals surface area contributed by atoms with Gasteiger partial charge in [-0.2, -0.15) is 0 Å². The van der Waals surface area contributed by atoms with E-state index in [9.17, 15) is 9.59 Å². The van der Waals surface area contributed by atoms with E-state index in [0.29, 0.717) is 17.8 Å². The average Bonchev–Trinajstić information content (AvgIpc) is 3.67. The van der Waals surface area contributed by atoms with E-state index in [-0.39, 0.29) is 35.7 Å². The summed E-state index contributed by atoms with van der Waals surface area (Å²) < 4.78 is 16.9. The highest BCUT2D eigenvalue weighted by molar-refractivity contribution is 5.95. The maximum Gasteiger partial charge on any atom is 0.405 e. The Morgan fingerprint density at radius 3 is 2.41 bits per heavy atom. The van der Waals surface area contributed by atoms with Gasteiger partial charge in [-0.1, -0.05) is 36.4 Å². The van der Waals surface area contributed by atoms with Crippen LogP contribution < -0.4 is 5.73 Å². The molecule has 0 radical (unpaired) electrons. The third-order valence-corrected chi connectivity index (χ3v) is 6.27. The Labute approximate surface area is 235 Å². The maximum atomic E-state index is 13.5. The fourth-order valence-electron chi connectivity index (χ4n) is 4.28. The summed E-state index contributed by atoms with van der Waals surface area (Å²) >= 11 is 0. The number of hydrogen-bond acceptors (Lipinski definition) is 10. The molecular weight excluding hydrogens is 526 g/mol. The molecular formula is C29H27N7O5. The van der Waals surface area contributed by atoms with E-state index in [0.717, 1.165) is 16.8 Å². The molecule has 0 saturated carbocycles. The van der Waals surface area contributed by atoms with Gasteiger partial charge in [0, 0.05) is 37.5 Å². The monoisotopic (exact) mass is 553 g/mol. The molecule has 0 aliphatic rings. The number of pyridine rings is 2. The van der Waals surface area contributed by atoms with Crippen molar-refractivity contribution < 1.29 is 23.2 Å². The van der Waals surface area contributed by atoms with Crippen LogP contribution in [-0.2, 0) is 23.3 Å². The second-order valence-corrected chi connectivity index (χ2v) is 9.66. The van der Waals surface area contributed by atoms with E-state index in [2.05, 4.69) is 25.1 Å². The van der Waals surface area contributed by atoms with Gasteiger partial charge in [0.1, 0.15) is 17.7 Å². The van der Waals surface area contributed by atoms with Crippen LogP contribution in [0, 0.1) is 6.92 Å². The molecule has 0 aliphatic heterocycles. The van der Waals surface area contributed by atoms with Gasteiger partial charge in [0.2, 0.25) is 5.89 Å². The molecule has 0 spiro atoms. The lowest BCUT2D eigenvalue weighted by molar-refractivity contribution is 0.00732. The van der Waals surface area contributed by atoms with Gasteiger partial charge in [-0.25, -0.2) is 14.8 Å². The van der Waals surface area contributed by atoms with Gasteiger partial charge < -0.3 is 24.2 Å². The zero-order chi connectivity index (χ0) is 29.0. The Balaban J connectivity index is 1.50. The minimum Gasteiger partial charge on any atom is -0.443 e. The molecule has 0 aliphatic carbocycles. The Hall–Kier alpha value is -5.39. The molecule has 12 heteroatoms. The number of aromatic nitrogens is 5. The topological polar surface area (TPSA) is 163 Å². The highest BCUT2D eigenvalue weighted by atomic mass is 16.6. The van der Waals surface area contributed by atoms with Crippen molar-refractivity contribution in [2.24, 2.45) is 5.73 Å². The molecule has 0 unspecified atom stereocenters. The number of hydrogen-bond donors (Lipinski definition) is 1. The molecule has 12 nitrogen and oxygen atoms in total. The number of carbonyl (C=O) groups excluding carboxylic acids is 2. The maximum absolute atomic E-state index is 13.5. The normalized spacial score (nSPS) is 12.5. The molecule has 4 aromatic heterocycles. The number of rotatable bonds is 9. The van der Waals surface area contributed by atoms with Crippen LogP contribution in [0.3, 0.4) is 0 Å². The van der Waals surface area contributed by atoms with Crippen LogP contribution in [0.5, 0.6) is 0 Å². The first kappa shape index (κ1) is 27.2. The zero-order valence-corrected chi connectivity index (χ0v) is 22.6. The summed E-state index contributed by atoms with van der Waals surface area (Å²) in [6.07, 6.45) is 3.85. The third-order valence-electron chi connectivity index (χ3n) is 6.27. The lowest BCUT2D eigenvalue weighted by Gasteiger charge is -2.25. The molecule has 5 rings (SSSR count). The number of primary amides is 1. The number of ether oxygens (including phenoxy) is 1. The molecule has 41 heavy (non-hydrogen) atoms. The summed E-state index contributed by atoms with van der Waals surface area (Å²) in [5.41, 5.74) is 7.43. The molecule has 0 fully saturated rings. The van der Waals surface area contributed by atoms with Crippen LogP contribution in [0.1, 0.15) is 40.0 Å². The zero-order valence-electron chi connectivity index (χ0n) is 22.6. The highest BCUT2D eigenvalue weighted by Gasteiger charge is 2.37. The number of oxazole rings is 1. The van der Waals surface area contributed by atoms with E-state index in [1.807, 2.05) is 49.4 Å². The smallest absolute Gasteiger partial charge is 0.405 e. The quantitative estimate of drug-likeness (QED) is 0.278. The number of benzene rings is 1. The van der Waals surface area contributed by atoms with Crippen molar-refractivity contribution in [1.82, 2.24) is 30.0 Å². The van der Waals surface area contributed by atoms with Gasteiger partial charge in [0.15, 0.2) is 5.60 Å². The van der Waals surface area contributed by atoms with Gasteiger partial charge >= 0.3 is 6.09 Å². The number of amides is 2. The number of carbonyl (C=O) groups is 2. The largest absolute Gasteiger partial charge is 0.443 e. The molecule has 2 amide bonds. The van der Waals surface area contributed by atoms with Crippen LogP contribution in [0.2, 0.25) is 0 Å². The molecule has 0 saturated heterocycles. The Kier molecular flexibility index (Phi) is 7.55. The van der Waals surface area contributed by atoms with Gasteiger partial charge in [0.05, 0.1) is 6.20 Å². The summed E-state index contributed by atoms with van der Waals surface area (Å²) in [6, 6.07) is 16.3. The van der Waals surface area contributed by atoms with Crippen molar-refractivity contribution >= 4 is 12.0 Å². The van der Waals surface area contributed by atoms with Crippen LogP contribution in [-0.4, -0.2) is 49.1 Å². The Morgan fingerprint density at radius 1 is 1.00 bits per heavy atom. The molecule has 1 atom stereocenters. The van der Waals surface area contributed by atoms with Gasteiger partial charge in [-0.05, 0) is 43.2 Å². The van der Waals surface area contributed by atoms with Crippen molar-refractivity contribution in [2.45, 2.75) is 32.4 Å². The van der Waals surface area contributed by atoms with E-state index in [1.54, 1.807) is 37.2 Å². The minimum absolute atomic E-state index is 0.000186. The van der Waals surface area contributed by atoms with Gasteiger partial charge in [0.25, 0.3) is 17.7 Å². The minimum atomic E-state index is -1.36. The lowest BCUT2D eigenvalue weighted by Crippen LogP contribution is -2.34. The van der Waals surface area contributed by atoms with Crippen LogP contribution >= 0.6 is 0 Å². The SMILES string of the molecule is Cc1ccc(CN(C)C(=O)c2cc(-c3ncco3)nc(-c3nnc([C@@](C)(Cc4ccccc4)OC(N)=O)o3)c2)cn1. The Morgan fingerprint density at radius 2 is 1.76 bits per heavy atom. The van der Waals surface area contributed by atoms with Crippen LogP contribution in [0.4, 0.5) is 4.79 Å². The van der Waals surface area contributed by atoms with Crippen molar-refractivity contribution in [3.05, 3.63) is 102 Å². The standard InChI is InChI=1S/C29H27N7O5/c1-18-9-10-20(16-32-18)17-36(3)26(37)21-13-22(24-31-11-12-39-24)33-23(14-21)25-34-35-27(40-25)29(2,41-28(30)38)15-19-7-5-4-6-8-19/h4-14,16H,15,17H2,1-3H3,(H2,30,38)/t29-/m1/s1. The fraction of sp³-hybridized carbons (Fsp3) is 0.207. The number of nitrogens with zero attached hydrogens (tertiary/aromatic N) is 6. The number of aryl methyl sites for hydroxylation is 1. The van der Waals surface area contributed by atoms with E-state index >= 15 is 0 Å². The Bertz CT molecular complexity index is 1650. The van der Waals surface area contributed by atoms with Gasteiger partial charge in [-0.15, -0.1) is 10.2 Å². The van der Waals surface area contributed by atoms with Crippen molar-refractivity contribution in [3.8, 4) is 23.2 Å². The van der Waals surface area contributed by atoms with E-state index < -0.39 is 11.7 Å². The summed E-state index contributed by atoms with van der Waals surface area (Å²) in [5.74, 6) is -0.0692. The van der Waals surface area contributed by atoms with Gasteiger partial charge in [-0.3, -0.25) is 9.78 Å². The van der Waals surface area contributed by atoms with Crippen molar-refractivity contribution in [3.63, 3.8) is 0 Å². The van der Waals surface area contributed by atoms with Crippen molar-refractivity contribution in [2.75, 3.05) is 7.05 Å². The summed E-state index contributed by atoms with van der Waals surface area (Å²) in [4.78, 5) is 39.9. The molecule has 0 bridgehead atoms. The molecule has 5 aromatic rings. The second kappa shape index (κ2) is 11.4. The lowest BCUT2D eigenvalue weighted by atomic mass is 9.96. The van der Waals surface area contributed by atoms with Crippen molar-refractivity contribution in [1.29, 1.82) is 0 Å². The first-order valence-electron chi connectivity index (χ1n) is 12.7. The molecule has 1 aromatic carbocycles. The highest BCUT2D eigenvalue weighted by Crippen LogP contribution is 2.32. The molecule has 208 valence electrons. The van der Waals surface area contributed by atoms with Crippen LogP contribution in [0.25, 0.3) is 23.2 Å². The third kappa shape index (κ3) is 6.27. The van der Waals surface area contributed by atoms with Crippen LogP contribution in [0.15, 0.2) is 82.1 Å². The van der Waals surface area contributed by atoms with E-state index in [4.69, 9.17) is 19.3 Å². The summed E-state index contributed by atoms with van der Waals surface area (Å²) in [6.45, 7) is 3.86. The first-order valence-corrected chi connectivity index (χ1v) is 12.7. The fourth-order valence-corrected chi connectivity index (χ4v) is 4.28. The first-order chi connectivity index (χ1) is 19.7. The second-order valence-electron chi connectivity index (χ2n) is 9.66. The predicted octanol–water partition coefficient (Wildman–Crippen LogP) is 4.32. The molecule has 4 heterocycles. The summed E-state index contributed by atoms with van der Waals surface area (Å²) in [5, 5.41) is 8.30. The number of nitrogens with two attached hydrogens (primary N) is 1. The summed E-state index contributed by atoms with van der Waals surface area (Å²) in [7, 11) is 1.69. The predicted molar refractivity (Wildman–Crippen MR) is 146 cm³/mol. The van der Waals surface area contributed by atoms with E-state index in [1.165, 1.54) is 12.5 Å². The molecule has 2 N–H and O–H groups in total.